The summed E-state index contributed by atoms with van der Waals surface area (Å²) in [6.45, 7) is 8.81. The highest BCUT2D eigenvalue weighted by atomic mass is 16.4. The minimum Gasteiger partial charge on any atom is -0.418 e. The van der Waals surface area contributed by atoms with Crippen molar-refractivity contribution in [2.45, 2.75) is 53.1 Å². The van der Waals surface area contributed by atoms with Gasteiger partial charge in [-0.05, 0) is 24.3 Å². The summed E-state index contributed by atoms with van der Waals surface area (Å²) in [5, 5.41) is 13.0. The van der Waals surface area contributed by atoms with E-state index in [0.717, 1.165) is 16.0 Å². The number of amides is 4. The van der Waals surface area contributed by atoms with E-state index in [4.69, 9.17) is 4.42 Å². The van der Waals surface area contributed by atoms with Crippen LogP contribution < -0.4 is 10.6 Å². The van der Waals surface area contributed by atoms with Gasteiger partial charge in [-0.2, -0.15) is 0 Å². The molecule has 0 bridgehead atoms. The van der Waals surface area contributed by atoms with Gasteiger partial charge < -0.3 is 15.1 Å². The van der Waals surface area contributed by atoms with Crippen molar-refractivity contribution in [3.05, 3.63) is 47.2 Å². The van der Waals surface area contributed by atoms with Crippen molar-refractivity contribution in [2.24, 2.45) is 11.8 Å². The van der Waals surface area contributed by atoms with E-state index in [-0.39, 0.29) is 30.2 Å². The van der Waals surface area contributed by atoms with Crippen LogP contribution in [0.15, 0.2) is 28.7 Å². The Morgan fingerprint density at radius 2 is 1.88 bits per heavy atom. The molecular weight excluding hydrogens is 426 g/mol. The molecule has 0 aliphatic carbocycles. The van der Waals surface area contributed by atoms with Crippen molar-refractivity contribution in [3.63, 3.8) is 0 Å². The Morgan fingerprint density at radius 1 is 1.15 bits per heavy atom. The summed E-state index contributed by atoms with van der Waals surface area (Å²) in [5.74, 6) is -2.18. The number of carbonyl (C=O) groups excluding carboxylic acids is 4. The summed E-state index contributed by atoms with van der Waals surface area (Å²) in [4.78, 5) is 51.4. The Morgan fingerprint density at radius 3 is 2.45 bits per heavy atom. The van der Waals surface area contributed by atoms with E-state index in [0.29, 0.717) is 6.42 Å². The van der Waals surface area contributed by atoms with Crippen LogP contribution in [0.1, 0.15) is 55.4 Å². The molecular formula is C23H29N5O5. The van der Waals surface area contributed by atoms with Crippen molar-refractivity contribution in [1.82, 2.24) is 25.7 Å². The number of nitrogens with zero attached hydrogens (tertiary/aromatic N) is 3. The van der Waals surface area contributed by atoms with Crippen molar-refractivity contribution >= 4 is 23.6 Å². The van der Waals surface area contributed by atoms with Gasteiger partial charge in [0.2, 0.25) is 17.6 Å². The number of aryl methyl sites for hydroxylation is 1. The SMILES string of the molecule is Cc1cccc(Cc2nnc(C(=O)[C@@H](NC(=O)C(C(C)C)N3C(=O)CNC3=O)C(C)C)o2)c1. The molecule has 0 saturated carbocycles. The van der Waals surface area contributed by atoms with E-state index in [9.17, 15) is 19.2 Å². The van der Waals surface area contributed by atoms with Crippen LogP contribution in [0.25, 0.3) is 0 Å². The normalized spacial score (nSPS) is 15.7. The van der Waals surface area contributed by atoms with Gasteiger partial charge in [-0.3, -0.25) is 14.4 Å². The number of imide groups is 1. The van der Waals surface area contributed by atoms with Gasteiger partial charge in [0.05, 0.1) is 19.0 Å². The molecule has 1 aliphatic heterocycles. The molecule has 2 heterocycles. The van der Waals surface area contributed by atoms with Crippen molar-refractivity contribution < 1.29 is 23.6 Å². The predicted octanol–water partition coefficient (Wildman–Crippen LogP) is 1.87. The van der Waals surface area contributed by atoms with Gasteiger partial charge in [0, 0.05) is 0 Å². The molecule has 2 atom stereocenters. The zero-order valence-corrected chi connectivity index (χ0v) is 19.4. The predicted molar refractivity (Wildman–Crippen MR) is 118 cm³/mol. The average molecular weight is 456 g/mol. The van der Waals surface area contributed by atoms with E-state index < -0.39 is 35.7 Å². The Labute approximate surface area is 192 Å². The third-order valence-corrected chi connectivity index (χ3v) is 5.42. The highest BCUT2D eigenvalue weighted by Gasteiger charge is 2.42. The largest absolute Gasteiger partial charge is 0.418 e. The molecule has 1 aromatic carbocycles. The number of carbonyl (C=O) groups is 4. The number of urea groups is 1. The lowest BCUT2D eigenvalue weighted by Gasteiger charge is -2.29. The summed E-state index contributed by atoms with van der Waals surface area (Å²) in [5.41, 5.74) is 2.07. The van der Waals surface area contributed by atoms with E-state index in [1.165, 1.54) is 0 Å². The smallest absolute Gasteiger partial charge is 0.325 e. The fourth-order valence-corrected chi connectivity index (χ4v) is 3.76. The highest BCUT2D eigenvalue weighted by molar-refractivity contribution is 6.06. The fourth-order valence-electron chi connectivity index (χ4n) is 3.76. The number of Topliss-reactive ketones (excluding diaryl/α,β-unsaturated/α-hetero) is 1. The fraction of sp³-hybridized carbons (Fsp3) is 0.478. The van der Waals surface area contributed by atoms with Crippen molar-refractivity contribution in [2.75, 3.05) is 6.54 Å². The summed E-state index contributed by atoms with van der Waals surface area (Å²) in [6, 6.07) is 5.18. The summed E-state index contributed by atoms with van der Waals surface area (Å²) in [6.07, 6.45) is 0.377. The van der Waals surface area contributed by atoms with Crippen molar-refractivity contribution in [3.8, 4) is 0 Å². The number of ketones is 1. The minimum atomic E-state index is -1.05. The van der Waals surface area contributed by atoms with Crippen LogP contribution in [0.3, 0.4) is 0 Å². The quantitative estimate of drug-likeness (QED) is 0.435. The lowest BCUT2D eigenvalue weighted by atomic mass is 9.96. The first-order chi connectivity index (χ1) is 15.6. The molecule has 3 rings (SSSR count). The number of hydrogen-bond donors (Lipinski definition) is 2. The van der Waals surface area contributed by atoms with E-state index in [2.05, 4.69) is 20.8 Å². The third-order valence-electron chi connectivity index (χ3n) is 5.42. The first-order valence-electron chi connectivity index (χ1n) is 10.9. The Bertz CT molecular complexity index is 1050. The molecule has 33 heavy (non-hydrogen) atoms. The standard InChI is InChI=1S/C23H29N5O5/c1-12(2)18(25-21(31)19(13(3)4)28-17(29)11-24-23(28)32)20(30)22-27-26-16(33-22)10-15-8-6-7-14(5)9-15/h6-9,12-13,18-19H,10-11H2,1-5H3,(H,24,32)(H,25,31)/t18-,19?/m0/s1. The van der Waals surface area contributed by atoms with Gasteiger partial charge in [-0.25, -0.2) is 9.69 Å². The number of aromatic nitrogens is 2. The highest BCUT2D eigenvalue weighted by Crippen LogP contribution is 2.18. The topological polar surface area (TPSA) is 134 Å². The van der Waals surface area contributed by atoms with Gasteiger partial charge in [0.1, 0.15) is 6.04 Å². The van der Waals surface area contributed by atoms with Gasteiger partial charge in [0.15, 0.2) is 0 Å². The van der Waals surface area contributed by atoms with Gasteiger partial charge >= 0.3 is 6.03 Å². The maximum Gasteiger partial charge on any atom is 0.325 e. The van der Waals surface area contributed by atoms with Crippen LogP contribution in [-0.2, 0) is 16.0 Å². The molecule has 1 saturated heterocycles. The molecule has 10 heteroatoms. The maximum atomic E-state index is 13.1. The Balaban J connectivity index is 1.76. The summed E-state index contributed by atoms with van der Waals surface area (Å²) < 4.78 is 5.59. The molecule has 176 valence electrons. The van der Waals surface area contributed by atoms with Gasteiger partial charge in [-0.1, -0.05) is 57.5 Å². The second-order valence-electron chi connectivity index (χ2n) is 8.87. The van der Waals surface area contributed by atoms with E-state index in [1.807, 2.05) is 31.2 Å². The van der Waals surface area contributed by atoms with Gasteiger partial charge in [0.25, 0.3) is 11.8 Å². The molecule has 1 unspecified atom stereocenters. The van der Waals surface area contributed by atoms with Crippen LogP contribution in [0.4, 0.5) is 4.79 Å². The molecule has 10 nitrogen and oxygen atoms in total. The number of benzene rings is 1. The second kappa shape index (κ2) is 9.93. The van der Waals surface area contributed by atoms with Crippen LogP contribution in [0.5, 0.6) is 0 Å². The number of nitrogens with one attached hydrogen (secondary N) is 2. The maximum absolute atomic E-state index is 13.1. The van der Waals surface area contributed by atoms with Crippen LogP contribution in [0, 0.1) is 18.8 Å². The van der Waals surface area contributed by atoms with E-state index >= 15 is 0 Å². The molecule has 0 spiro atoms. The minimum absolute atomic E-state index is 0.159. The Kier molecular flexibility index (Phi) is 7.25. The van der Waals surface area contributed by atoms with E-state index in [1.54, 1.807) is 27.7 Å². The third kappa shape index (κ3) is 5.44. The lowest BCUT2D eigenvalue weighted by molar-refractivity contribution is -0.136. The Hall–Kier alpha value is -3.56. The first kappa shape index (κ1) is 24.1. The zero-order chi connectivity index (χ0) is 24.3. The molecule has 1 fully saturated rings. The number of hydrogen-bond acceptors (Lipinski definition) is 7. The second-order valence-corrected chi connectivity index (χ2v) is 8.87. The van der Waals surface area contributed by atoms with Crippen molar-refractivity contribution in [1.29, 1.82) is 0 Å². The lowest BCUT2D eigenvalue weighted by Crippen LogP contribution is -2.56. The van der Waals surface area contributed by atoms with Gasteiger partial charge in [-0.15, -0.1) is 10.2 Å². The monoisotopic (exact) mass is 455 g/mol. The zero-order valence-electron chi connectivity index (χ0n) is 19.4. The molecule has 1 aromatic heterocycles. The van der Waals surface area contributed by atoms with Crippen LogP contribution in [0.2, 0.25) is 0 Å². The number of rotatable bonds is 9. The average Bonchev–Trinajstić information content (AvgIpc) is 3.33. The molecule has 2 N–H and O–H groups in total. The molecule has 1 aliphatic rings. The van der Waals surface area contributed by atoms with Crippen LogP contribution >= 0.6 is 0 Å². The molecule has 4 amide bonds. The molecule has 0 radical (unpaired) electrons. The summed E-state index contributed by atoms with van der Waals surface area (Å²) >= 11 is 0. The molecule has 2 aromatic rings. The van der Waals surface area contributed by atoms with Crippen LogP contribution in [-0.4, -0.2) is 57.4 Å². The first-order valence-corrected chi connectivity index (χ1v) is 10.9. The summed E-state index contributed by atoms with van der Waals surface area (Å²) in [7, 11) is 0.